The minimum atomic E-state index is 0. The van der Waals surface area contributed by atoms with Crippen LogP contribution in [0.1, 0.15) is 23.1 Å². The van der Waals surface area contributed by atoms with E-state index in [0.29, 0.717) is 0 Å². The van der Waals surface area contributed by atoms with Gasteiger partial charge in [-0.3, -0.25) is 9.67 Å². The van der Waals surface area contributed by atoms with Gasteiger partial charge in [0.15, 0.2) is 5.96 Å². The van der Waals surface area contributed by atoms with Crippen molar-refractivity contribution in [3.05, 3.63) is 53.3 Å². The first-order valence-electron chi connectivity index (χ1n) is 8.16. The summed E-state index contributed by atoms with van der Waals surface area (Å²) < 4.78 is 1.94. The van der Waals surface area contributed by atoms with Crippen molar-refractivity contribution >= 4 is 29.9 Å². The molecule has 0 atom stereocenters. The zero-order valence-electron chi connectivity index (χ0n) is 14.7. The Kier molecular flexibility index (Phi) is 9.44. The number of benzene rings is 1. The van der Waals surface area contributed by atoms with Gasteiger partial charge in [0, 0.05) is 39.1 Å². The largest absolute Gasteiger partial charge is 0.356 e. The minimum absolute atomic E-state index is 0. The maximum absolute atomic E-state index is 4.26. The topological polar surface area (TPSA) is 54.2 Å². The molecule has 2 rings (SSSR count). The van der Waals surface area contributed by atoms with Crippen LogP contribution in [-0.4, -0.2) is 35.9 Å². The lowest BCUT2D eigenvalue weighted by Crippen LogP contribution is -2.39. The summed E-state index contributed by atoms with van der Waals surface area (Å²) in [5.41, 5.74) is 4.01. The molecule has 2 N–H and O–H groups in total. The zero-order chi connectivity index (χ0) is 16.5. The monoisotopic (exact) mass is 441 g/mol. The van der Waals surface area contributed by atoms with Gasteiger partial charge in [0.05, 0.1) is 0 Å². The number of halogens is 1. The van der Waals surface area contributed by atoms with E-state index in [1.165, 1.54) is 16.7 Å². The van der Waals surface area contributed by atoms with E-state index >= 15 is 0 Å². The molecule has 2 aromatic rings. The van der Waals surface area contributed by atoms with Crippen LogP contribution in [0.3, 0.4) is 0 Å². The van der Waals surface area contributed by atoms with E-state index in [9.17, 15) is 0 Å². The van der Waals surface area contributed by atoms with E-state index in [2.05, 4.69) is 52.8 Å². The highest BCUT2D eigenvalue weighted by molar-refractivity contribution is 14.0. The lowest BCUT2D eigenvalue weighted by atomic mass is 10.1. The molecule has 5 nitrogen and oxygen atoms in total. The number of nitrogens with zero attached hydrogens (tertiary/aromatic N) is 3. The van der Waals surface area contributed by atoms with Crippen molar-refractivity contribution < 1.29 is 0 Å². The quantitative estimate of drug-likeness (QED) is 0.301. The van der Waals surface area contributed by atoms with Crippen molar-refractivity contribution in [2.45, 2.75) is 33.2 Å². The van der Waals surface area contributed by atoms with Gasteiger partial charge in [-0.2, -0.15) is 5.10 Å². The zero-order valence-corrected chi connectivity index (χ0v) is 17.1. The second kappa shape index (κ2) is 11.1. The average molecular weight is 441 g/mol. The number of hydrogen-bond donors (Lipinski definition) is 2. The molecule has 0 saturated carbocycles. The third-order valence-corrected chi connectivity index (χ3v) is 3.63. The number of guanidine groups is 1. The molecule has 132 valence electrons. The Morgan fingerprint density at radius 1 is 1.12 bits per heavy atom. The highest BCUT2D eigenvalue weighted by atomic mass is 127. The Bertz CT molecular complexity index is 602. The number of nitrogens with one attached hydrogen (secondary N) is 2. The van der Waals surface area contributed by atoms with Crippen molar-refractivity contribution in [2.75, 3.05) is 20.1 Å². The molecule has 0 amide bonds. The van der Waals surface area contributed by atoms with Crippen LogP contribution in [0, 0.1) is 13.8 Å². The van der Waals surface area contributed by atoms with E-state index in [1.807, 2.05) is 16.9 Å². The Morgan fingerprint density at radius 3 is 2.46 bits per heavy atom. The van der Waals surface area contributed by atoms with Crippen molar-refractivity contribution in [3.8, 4) is 0 Å². The van der Waals surface area contributed by atoms with Gasteiger partial charge in [-0.1, -0.05) is 29.3 Å². The fourth-order valence-electron chi connectivity index (χ4n) is 2.64. The first kappa shape index (κ1) is 20.5. The summed E-state index contributed by atoms with van der Waals surface area (Å²) in [6.07, 6.45) is 5.80. The maximum atomic E-state index is 4.26. The van der Waals surface area contributed by atoms with Crippen LogP contribution in [0.25, 0.3) is 0 Å². The van der Waals surface area contributed by atoms with Gasteiger partial charge in [-0.15, -0.1) is 24.0 Å². The van der Waals surface area contributed by atoms with Gasteiger partial charge < -0.3 is 10.6 Å². The Morgan fingerprint density at radius 2 is 1.83 bits per heavy atom. The second-order valence-electron chi connectivity index (χ2n) is 5.79. The molecule has 24 heavy (non-hydrogen) atoms. The highest BCUT2D eigenvalue weighted by Gasteiger charge is 1.99. The molecule has 0 unspecified atom stereocenters. The summed E-state index contributed by atoms with van der Waals surface area (Å²) in [5.74, 6) is 0.856. The van der Waals surface area contributed by atoms with Gasteiger partial charge in [0.25, 0.3) is 0 Å². The van der Waals surface area contributed by atoms with Crippen LogP contribution in [0.5, 0.6) is 0 Å². The Balaban J connectivity index is 0.00000288. The maximum Gasteiger partial charge on any atom is 0.190 e. The van der Waals surface area contributed by atoms with Crippen molar-refractivity contribution in [1.29, 1.82) is 0 Å². The fraction of sp³-hybridized carbons (Fsp3) is 0.444. The molecule has 0 saturated heterocycles. The number of hydrogen-bond acceptors (Lipinski definition) is 2. The van der Waals surface area contributed by atoms with Crippen LogP contribution >= 0.6 is 24.0 Å². The SMILES string of the molecule is CN=C(NCCCn1cccn1)NCCc1cc(C)cc(C)c1.I. The highest BCUT2D eigenvalue weighted by Crippen LogP contribution is 2.08. The third kappa shape index (κ3) is 7.33. The molecule has 1 heterocycles. The molecular formula is C18H28IN5. The summed E-state index contributed by atoms with van der Waals surface area (Å²) in [7, 11) is 1.81. The predicted molar refractivity (Wildman–Crippen MR) is 111 cm³/mol. The van der Waals surface area contributed by atoms with Crippen LogP contribution < -0.4 is 10.6 Å². The molecule has 1 aromatic heterocycles. The number of aliphatic imine (C=N–C) groups is 1. The van der Waals surface area contributed by atoms with E-state index in [0.717, 1.165) is 38.4 Å². The molecule has 0 aliphatic rings. The van der Waals surface area contributed by atoms with Gasteiger partial charge in [-0.05, 0) is 38.3 Å². The minimum Gasteiger partial charge on any atom is -0.356 e. The van der Waals surface area contributed by atoms with E-state index < -0.39 is 0 Å². The lowest BCUT2D eigenvalue weighted by molar-refractivity contribution is 0.570. The number of aromatic nitrogens is 2. The molecule has 0 bridgehead atoms. The molecule has 6 heteroatoms. The lowest BCUT2D eigenvalue weighted by Gasteiger charge is -2.12. The Hall–Kier alpha value is -1.57. The molecule has 0 aliphatic carbocycles. The van der Waals surface area contributed by atoms with Crippen molar-refractivity contribution in [2.24, 2.45) is 4.99 Å². The van der Waals surface area contributed by atoms with Crippen LogP contribution in [0.2, 0.25) is 0 Å². The summed E-state index contributed by atoms with van der Waals surface area (Å²) in [6.45, 7) is 6.96. The van der Waals surface area contributed by atoms with Crippen LogP contribution in [-0.2, 0) is 13.0 Å². The number of rotatable bonds is 7. The molecular weight excluding hydrogens is 413 g/mol. The average Bonchev–Trinajstić information content (AvgIpc) is 3.02. The van der Waals surface area contributed by atoms with Crippen molar-refractivity contribution in [1.82, 2.24) is 20.4 Å². The normalized spacial score (nSPS) is 11.0. The first-order valence-corrected chi connectivity index (χ1v) is 8.16. The summed E-state index contributed by atoms with van der Waals surface area (Å²) in [4.78, 5) is 4.26. The van der Waals surface area contributed by atoms with E-state index in [1.54, 1.807) is 13.2 Å². The van der Waals surface area contributed by atoms with Gasteiger partial charge in [-0.25, -0.2) is 0 Å². The summed E-state index contributed by atoms with van der Waals surface area (Å²) in [6, 6.07) is 8.64. The smallest absolute Gasteiger partial charge is 0.190 e. The van der Waals surface area contributed by atoms with Crippen LogP contribution in [0.15, 0.2) is 41.7 Å². The molecule has 1 aromatic carbocycles. The van der Waals surface area contributed by atoms with E-state index in [4.69, 9.17) is 0 Å². The molecule has 0 aliphatic heterocycles. The predicted octanol–water partition coefficient (Wildman–Crippen LogP) is 2.92. The van der Waals surface area contributed by atoms with Crippen LogP contribution in [0.4, 0.5) is 0 Å². The third-order valence-electron chi connectivity index (χ3n) is 3.63. The summed E-state index contributed by atoms with van der Waals surface area (Å²) in [5, 5.41) is 10.9. The first-order chi connectivity index (χ1) is 11.2. The molecule has 0 spiro atoms. The van der Waals surface area contributed by atoms with E-state index in [-0.39, 0.29) is 24.0 Å². The van der Waals surface area contributed by atoms with Gasteiger partial charge in [0.2, 0.25) is 0 Å². The molecule has 0 radical (unpaired) electrons. The van der Waals surface area contributed by atoms with Gasteiger partial charge in [0.1, 0.15) is 0 Å². The molecule has 0 fully saturated rings. The standard InChI is InChI=1S/C18H27N5.HI/c1-15-12-16(2)14-17(13-15)6-9-21-18(19-3)20-7-4-10-23-11-5-8-22-23;/h5,8,11-14H,4,6-7,9-10H2,1-3H3,(H2,19,20,21);1H. The fourth-order valence-corrected chi connectivity index (χ4v) is 2.64. The number of aryl methyl sites for hydroxylation is 3. The van der Waals surface area contributed by atoms with Gasteiger partial charge >= 0.3 is 0 Å². The summed E-state index contributed by atoms with van der Waals surface area (Å²) >= 11 is 0. The second-order valence-corrected chi connectivity index (χ2v) is 5.79. The Labute approximate surface area is 162 Å². The van der Waals surface area contributed by atoms with Crippen molar-refractivity contribution in [3.63, 3.8) is 0 Å².